The summed E-state index contributed by atoms with van der Waals surface area (Å²) in [6.07, 6.45) is 1.97. The summed E-state index contributed by atoms with van der Waals surface area (Å²) in [6.45, 7) is 20.8. The van der Waals surface area contributed by atoms with E-state index in [4.69, 9.17) is 9.72 Å². The van der Waals surface area contributed by atoms with Gasteiger partial charge in [0.1, 0.15) is 0 Å². The van der Waals surface area contributed by atoms with Gasteiger partial charge in [0.15, 0.2) is 0 Å². The zero-order valence-corrected chi connectivity index (χ0v) is 19.5. The van der Waals surface area contributed by atoms with Gasteiger partial charge in [0.05, 0.1) is 6.10 Å². The summed E-state index contributed by atoms with van der Waals surface area (Å²) in [7, 11) is 0.138. The topological polar surface area (TPSA) is 23.3 Å². The molecule has 0 saturated heterocycles. The minimum atomic E-state index is -1.63. The molecule has 1 radical (unpaired) electrons. The predicted octanol–water partition coefficient (Wildman–Crippen LogP) is 3.58. The first-order valence-corrected chi connectivity index (χ1v) is 11.4. The van der Waals surface area contributed by atoms with E-state index in [-0.39, 0.29) is 53.1 Å². The molecule has 2 atom stereocenters. The van der Waals surface area contributed by atoms with E-state index < -0.39 is 8.24 Å². The Labute approximate surface area is 181 Å². The van der Waals surface area contributed by atoms with Gasteiger partial charge in [-0.1, -0.05) is 84.4 Å². The van der Waals surface area contributed by atoms with Crippen LogP contribution in [0.2, 0.25) is 18.1 Å². The Balaban J connectivity index is -0.000000728. The maximum atomic E-state index is 5.69. The van der Waals surface area contributed by atoms with Crippen molar-refractivity contribution in [1.82, 2.24) is 0 Å². The fourth-order valence-electron chi connectivity index (χ4n) is 2.02. The van der Waals surface area contributed by atoms with Gasteiger partial charge in [-0.25, -0.2) is 12.8 Å². The van der Waals surface area contributed by atoms with E-state index in [0.717, 1.165) is 12.8 Å². The van der Waals surface area contributed by atoms with Crippen molar-refractivity contribution >= 4 is 8.24 Å². The fourth-order valence-corrected chi connectivity index (χ4v) is 3.57. The largest absolute Gasteiger partial charge is 2.00 e. The van der Waals surface area contributed by atoms with E-state index in [2.05, 4.69) is 78.9 Å². The van der Waals surface area contributed by atoms with Gasteiger partial charge in [0.25, 0.3) is 0 Å². The minimum Gasteiger partial charge on any atom is -0.659 e. The van der Waals surface area contributed by atoms with Gasteiger partial charge in [0.2, 0.25) is 0 Å². The van der Waals surface area contributed by atoms with Crippen LogP contribution in [0.15, 0.2) is 30.3 Å². The van der Waals surface area contributed by atoms with E-state index >= 15 is 0 Å². The van der Waals surface area contributed by atoms with Crippen LogP contribution in [0.4, 0.5) is 0 Å². The Morgan fingerprint density at radius 1 is 1.08 bits per heavy atom. The Morgan fingerprint density at radius 3 is 1.84 bits per heavy atom. The van der Waals surface area contributed by atoms with Crippen molar-refractivity contribution in [1.29, 1.82) is 0 Å². The zero-order valence-electron chi connectivity index (χ0n) is 17.5. The first-order valence-electron chi connectivity index (χ1n) is 8.49. The number of unbranched alkanes of at least 4 members (excludes halogenated alkanes) is 1. The monoisotopic (exact) mass is 404 g/mol. The third-order valence-corrected chi connectivity index (χ3v) is 9.16. The summed E-state index contributed by atoms with van der Waals surface area (Å²) < 4.78 is 5.69. The van der Waals surface area contributed by atoms with Crippen molar-refractivity contribution in [3.8, 4) is 0 Å². The molecule has 1 aromatic carbocycles. The number of rotatable bonds is 6. The molecule has 5 heteroatoms. The first kappa shape index (κ1) is 30.2. The van der Waals surface area contributed by atoms with Crippen LogP contribution >= 0.6 is 0 Å². The molecule has 25 heavy (non-hydrogen) atoms. The van der Waals surface area contributed by atoms with Gasteiger partial charge >= 0.3 is 35.9 Å². The van der Waals surface area contributed by atoms with Crippen molar-refractivity contribution < 1.29 is 40.7 Å². The molecule has 143 valence electrons. The molecule has 0 aliphatic heterocycles. The molecule has 0 bridgehead atoms. The van der Waals surface area contributed by atoms with E-state index in [9.17, 15) is 0 Å². The first-order chi connectivity index (χ1) is 10.6. The van der Waals surface area contributed by atoms with Crippen LogP contribution in [-0.4, -0.2) is 21.4 Å². The second-order valence-corrected chi connectivity index (χ2v) is 12.3. The summed E-state index contributed by atoms with van der Waals surface area (Å²) >= 11 is 0. The number of nitrogens with zero attached hydrogens (tertiary/aromatic N) is 1. The van der Waals surface area contributed by atoms with E-state index in [1.54, 1.807) is 7.11 Å². The van der Waals surface area contributed by atoms with Gasteiger partial charge < -0.3 is 23.6 Å². The van der Waals surface area contributed by atoms with E-state index in [0.29, 0.717) is 0 Å². The third kappa shape index (κ3) is 11.0. The Kier molecular flexibility index (Phi) is 17.5. The van der Waals surface area contributed by atoms with Gasteiger partial charge in [-0.05, 0) is 5.56 Å². The van der Waals surface area contributed by atoms with Crippen LogP contribution in [0.1, 0.15) is 52.2 Å². The normalized spacial score (nSPS) is 13.5. The Morgan fingerprint density at radius 2 is 1.52 bits per heavy atom. The predicted molar refractivity (Wildman–Crippen MR) is 106 cm³/mol. The minimum absolute atomic E-state index is 0. The van der Waals surface area contributed by atoms with Crippen molar-refractivity contribution in [3.05, 3.63) is 54.7 Å². The molecule has 0 aliphatic carbocycles. The molecule has 1 rings (SSSR count). The van der Waals surface area contributed by atoms with E-state index in [1.165, 1.54) is 5.56 Å². The Bertz CT molecular complexity index is 421. The number of hydrogen-bond acceptors (Lipinski definition) is 1. The number of hydrogen-bond donors (Lipinski definition) is 0. The third-order valence-electron chi connectivity index (χ3n) is 4.43. The Hall–Kier alpha value is 0.474. The van der Waals surface area contributed by atoms with Gasteiger partial charge in [0, 0.05) is 7.11 Å². The van der Waals surface area contributed by atoms with Crippen molar-refractivity contribution in [2.45, 2.75) is 70.8 Å². The van der Waals surface area contributed by atoms with Crippen molar-refractivity contribution in [2.75, 3.05) is 7.11 Å². The molecule has 0 aromatic heterocycles. The molecule has 0 fully saturated rings. The van der Waals surface area contributed by atoms with Gasteiger partial charge in [-0.3, -0.25) is 0 Å². The van der Waals surface area contributed by atoms with Crippen LogP contribution < -0.4 is 18.9 Å². The number of benzene rings is 1. The summed E-state index contributed by atoms with van der Waals surface area (Å²) in [5.74, 6) is 0. The van der Waals surface area contributed by atoms with Crippen molar-refractivity contribution in [3.63, 3.8) is 0 Å². The van der Waals surface area contributed by atoms with Crippen LogP contribution in [-0.2, 0) is 21.8 Å². The average molecular weight is 405 g/mol. The molecule has 0 spiro atoms. The SMILES string of the molecule is CO[C@H](c1ccccc1)[C@H](C)[N-][Si](C)(C)C(C)(C)C.[CH2-]CC[CH2-].[Cu+2].[Li+]. The van der Waals surface area contributed by atoms with Gasteiger partial charge in [-0.15, -0.1) is 6.04 Å². The molecule has 0 amide bonds. The van der Waals surface area contributed by atoms with Crippen LogP contribution in [0.5, 0.6) is 0 Å². The molecule has 2 nitrogen and oxygen atoms in total. The second-order valence-electron chi connectivity index (χ2n) is 7.45. The maximum absolute atomic E-state index is 5.69. The standard InChI is InChI=1S/C16H28NOSi.C4H8.Cu.Li/c1-13(17-19(6,7)16(2,3)4)15(18-5)14-11-9-8-10-12-14;1-3-4-2;;/h8-13,15H,1-7H3;1-4H2;;/q-1;-2;+2;+1/t13-,15-;;;/m0.../s1. The maximum Gasteiger partial charge on any atom is 2.00 e. The van der Waals surface area contributed by atoms with Crippen molar-refractivity contribution in [2.24, 2.45) is 0 Å². The van der Waals surface area contributed by atoms with E-state index in [1.807, 2.05) is 6.07 Å². The van der Waals surface area contributed by atoms with Crippen LogP contribution in [0.3, 0.4) is 0 Å². The number of methoxy groups -OCH3 is 1. The molecule has 0 saturated carbocycles. The second kappa shape index (κ2) is 14.5. The van der Waals surface area contributed by atoms with Crippen LogP contribution in [0, 0.1) is 13.8 Å². The van der Waals surface area contributed by atoms with Crippen LogP contribution in [0.25, 0.3) is 4.98 Å². The van der Waals surface area contributed by atoms with Gasteiger partial charge in [-0.2, -0.15) is 0 Å². The molecule has 0 N–H and O–H groups in total. The molecule has 0 unspecified atom stereocenters. The smallest absolute Gasteiger partial charge is 0.659 e. The summed E-state index contributed by atoms with van der Waals surface area (Å²) in [4.78, 5) is 5.14. The molecular weight excluding hydrogens is 369 g/mol. The molecule has 0 heterocycles. The summed E-state index contributed by atoms with van der Waals surface area (Å²) in [5.41, 5.74) is 1.21. The molecule has 1 aromatic rings. The zero-order chi connectivity index (χ0) is 18.1. The molecular formula is C20H36CuLiNOSi. The summed E-state index contributed by atoms with van der Waals surface area (Å²) in [5, 5.41) is 0.274. The molecule has 0 aliphatic rings. The fraction of sp³-hybridized carbons (Fsp3) is 0.600. The number of ether oxygens (including phenoxy) is 1. The average Bonchev–Trinajstić information content (AvgIpc) is 2.47. The summed E-state index contributed by atoms with van der Waals surface area (Å²) in [6, 6.07) is 10.6. The quantitative estimate of drug-likeness (QED) is 0.525.